The molecule has 2 radical (unpaired) electrons. The van der Waals surface area contributed by atoms with Crippen molar-refractivity contribution >= 4 is 53.1 Å². The maximum Gasteiger partial charge on any atom is 0.259 e. The fraction of sp³-hybridized carbons (Fsp3) is 0.0769. The Kier molecular flexibility index (Phi) is 3.53. The van der Waals surface area contributed by atoms with Gasteiger partial charge in [-0.25, -0.2) is 15.0 Å². The smallest absolute Gasteiger partial charge is 0.259 e. The van der Waals surface area contributed by atoms with E-state index in [1.807, 2.05) is 25.1 Å². The second kappa shape index (κ2) is 5.49. The second-order valence-electron chi connectivity index (χ2n) is 4.34. The summed E-state index contributed by atoms with van der Waals surface area (Å²) < 4.78 is 1.14. The number of aromatic nitrogens is 3. The van der Waals surface area contributed by atoms with Crippen LogP contribution in [0.3, 0.4) is 0 Å². The highest BCUT2D eigenvalue weighted by molar-refractivity contribution is 7.18. The molecule has 0 aliphatic heterocycles. The number of fused-ring (bicyclic) bond motifs is 1. The highest BCUT2D eigenvalue weighted by Gasteiger charge is 2.08. The van der Waals surface area contributed by atoms with Crippen molar-refractivity contribution < 1.29 is 0 Å². The van der Waals surface area contributed by atoms with Crippen LogP contribution in [-0.4, -0.2) is 29.1 Å². The molecule has 0 aliphatic carbocycles. The predicted octanol–water partition coefficient (Wildman–Crippen LogP) is 2.22. The zero-order valence-electron chi connectivity index (χ0n) is 11.2. The molecular weight excluding hydrogens is 283 g/mol. The van der Waals surface area contributed by atoms with Gasteiger partial charge in [-0.05, 0) is 25.1 Å². The third-order valence-corrected chi connectivity index (χ3v) is 3.83. The Morgan fingerprint density at radius 2 is 2.24 bits per heavy atom. The zero-order chi connectivity index (χ0) is 14.8. The third kappa shape index (κ3) is 2.70. The molecule has 0 atom stereocenters. The summed E-state index contributed by atoms with van der Waals surface area (Å²) in [7, 11) is 5.19. The summed E-state index contributed by atoms with van der Waals surface area (Å²) in [5, 5.41) is 4.22. The zero-order valence-corrected chi connectivity index (χ0v) is 12.1. The Hall–Kier alpha value is -2.48. The number of rotatable bonds is 3. The maximum absolute atomic E-state index is 5.81. The molecule has 2 aromatic heterocycles. The molecule has 0 unspecified atom stereocenters. The largest absolute Gasteiger partial charge is 0.383 e. The van der Waals surface area contributed by atoms with Crippen LogP contribution >= 0.6 is 11.3 Å². The number of nitrogens with zero attached hydrogens (tertiary/aromatic N) is 4. The summed E-state index contributed by atoms with van der Waals surface area (Å²) in [5.74, 6) is 0.857. The molecule has 102 valence electrons. The van der Waals surface area contributed by atoms with Gasteiger partial charge in [0.2, 0.25) is 0 Å². The van der Waals surface area contributed by atoms with Crippen LogP contribution in [-0.2, 0) is 0 Å². The van der Waals surface area contributed by atoms with Crippen molar-refractivity contribution in [2.45, 2.75) is 6.92 Å². The average Bonchev–Trinajstić information content (AvgIpc) is 2.82. The number of thiazole rings is 1. The van der Waals surface area contributed by atoms with Gasteiger partial charge >= 0.3 is 0 Å². The Bertz CT molecular complexity index is 829. The first-order chi connectivity index (χ1) is 10.2. The van der Waals surface area contributed by atoms with E-state index in [1.165, 1.54) is 12.5 Å². The summed E-state index contributed by atoms with van der Waals surface area (Å²) in [6.07, 6.45) is 2.81. The molecule has 3 aromatic rings. The van der Waals surface area contributed by atoms with E-state index in [-0.39, 0.29) is 0 Å². The minimum Gasteiger partial charge on any atom is -0.383 e. The molecule has 0 fully saturated rings. The van der Waals surface area contributed by atoms with Crippen molar-refractivity contribution in [3.8, 4) is 0 Å². The quantitative estimate of drug-likeness (QED) is 0.571. The Labute approximate surface area is 126 Å². The maximum atomic E-state index is 5.81. The lowest BCUT2D eigenvalue weighted by Crippen LogP contribution is -2.04. The van der Waals surface area contributed by atoms with Crippen molar-refractivity contribution in [2.24, 2.45) is 4.90 Å². The van der Waals surface area contributed by atoms with Crippen LogP contribution in [0.1, 0.15) is 10.6 Å². The van der Waals surface area contributed by atoms with Crippen molar-refractivity contribution in [2.75, 3.05) is 11.1 Å². The molecule has 8 heteroatoms. The number of benzene rings is 1. The number of anilines is 3. The molecule has 2 heterocycles. The first kappa shape index (κ1) is 13.5. The molecule has 0 saturated heterocycles. The summed E-state index contributed by atoms with van der Waals surface area (Å²) in [5.41, 5.74) is 8.16. The van der Waals surface area contributed by atoms with E-state index < -0.39 is 0 Å². The molecular formula is C13H11BN6S. The summed E-state index contributed by atoms with van der Waals surface area (Å²) >= 11 is 1.66. The fourth-order valence-electron chi connectivity index (χ4n) is 1.97. The van der Waals surface area contributed by atoms with Gasteiger partial charge in [0.25, 0.3) is 7.98 Å². The fourth-order valence-corrected chi connectivity index (χ4v) is 2.78. The van der Waals surface area contributed by atoms with Crippen LogP contribution in [0, 0.1) is 6.92 Å². The van der Waals surface area contributed by atoms with Gasteiger partial charge in [0.1, 0.15) is 18.0 Å². The van der Waals surface area contributed by atoms with Gasteiger partial charge < -0.3 is 16.0 Å². The van der Waals surface area contributed by atoms with E-state index in [1.54, 1.807) is 11.3 Å². The van der Waals surface area contributed by atoms with Crippen LogP contribution in [0.5, 0.6) is 0 Å². The Morgan fingerprint density at radius 3 is 3.05 bits per heavy atom. The van der Waals surface area contributed by atoms with Crippen molar-refractivity contribution in [1.82, 2.24) is 15.0 Å². The molecule has 0 amide bonds. The standard InChI is InChI=1S/C13H11BN6S/c1-7-19-10-4-8(2-3-11(10)21-7)20-13-9(5-18-14)12(15)16-6-17-13/h2-6H,1H3,(H3,15,16,17,20). The van der Waals surface area contributed by atoms with Crippen LogP contribution in [0.15, 0.2) is 29.4 Å². The Balaban J connectivity index is 2.00. The number of nitrogen functional groups attached to an aromatic ring is 1. The van der Waals surface area contributed by atoms with Crippen molar-refractivity contribution in [3.05, 3.63) is 35.1 Å². The lowest BCUT2D eigenvalue weighted by molar-refractivity contribution is 1.17. The van der Waals surface area contributed by atoms with E-state index >= 15 is 0 Å². The van der Waals surface area contributed by atoms with Gasteiger partial charge in [0, 0.05) is 11.9 Å². The predicted molar refractivity (Wildman–Crippen MR) is 87.4 cm³/mol. The number of hydrogen-bond donors (Lipinski definition) is 2. The van der Waals surface area contributed by atoms with Crippen LogP contribution < -0.4 is 11.1 Å². The van der Waals surface area contributed by atoms with E-state index in [2.05, 4.69) is 25.2 Å². The number of nitrogens with two attached hydrogens (primary N) is 1. The molecule has 0 spiro atoms. The van der Waals surface area contributed by atoms with Crippen LogP contribution in [0.25, 0.3) is 10.2 Å². The SMILES string of the molecule is [B]N=Cc1c(N)ncnc1Nc1ccc2sc(C)nc2c1. The molecule has 1 aromatic carbocycles. The first-order valence-electron chi connectivity index (χ1n) is 6.15. The second-order valence-corrected chi connectivity index (χ2v) is 5.57. The summed E-state index contributed by atoms with van der Waals surface area (Å²) in [6.45, 7) is 1.98. The van der Waals surface area contributed by atoms with Crippen molar-refractivity contribution in [1.29, 1.82) is 0 Å². The van der Waals surface area contributed by atoms with Gasteiger partial charge in [0.15, 0.2) is 0 Å². The number of hydrogen-bond acceptors (Lipinski definition) is 7. The average molecular weight is 294 g/mol. The highest BCUT2D eigenvalue weighted by atomic mass is 32.1. The summed E-state index contributed by atoms with van der Waals surface area (Å²) in [4.78, 5) is 16.0. The monoisotopic (exact) mass is 294 g/mol. The van der Waals surface area contributed by atoms with Crippen molar-refractivity contribution in [3.63, 3.8) is 0 Å². The lowest BCUT2D eigenvalue weighted by Gasteiger charge is -2.09. The molecule has 3 N–H and O–H groups in total. The number of aryl methyl sites for hydroxylation is 1. The van der Waals surface area contributed by atoms with E-state index in [0.717, 1.165) is 20.9 Å². The van der Waals surface area contributed by atoms with Gasteiger partial charge in [-0.2, -0.15) is 0 Å². The molecule has 21 heavy (non-hydrogen) atoms. The normalized spacial score (nSPS) is 11.3. The highest BCUT2D eigenvalue weighted by Crippen LogP contribution is 2.27. The lowest BCUT2D eigenvalue weighted by atomic mass is 10.2. The molecule has 6 nitrogen and oxygen atoms in total. The van der Waals surface area contributed by atoms with E-state index in [9.17, 15) is 0 Å². The molecule has 0 saturated carbocycles. The van der Waals surface area contributed by atoms with Crippen LogP contribution in [0.2, 0.25) is 0 Å². The van der Waals surface area contributed by atoms with Gasteiger partial charge in [-0.3, -0.25) is 0 Å². The molecule has 0 bridgehead atoms. The minimum atomic E-state index is 0.312. The number of nitrogens with one attached hydrogen (secondary N) is 1. The Morgan fingerprint density at radius 1 is 1.38 bits per heavy atom. The van der Waals surface area contributed by atoms with Gasteiger partial charge in [-0.1, -0.05) is 0 Å². The first-order valence-corrected chi connectivity index (χ1v) is 6.97. The summed E-state index contributed by atoms with van der Waals surface area (Å²) in [6, 6.07) is 5.94. The van der Waals surface area contributed by atoms with Gasteiger partial charge in [-0.15, -0.1) is 11.3 Å². The van der Waals surface area contributed by atoms with E-state index in [4.69, 9.17) is 13.7 Å². The molecule has 3 rings (SSSR count). The molecule has 0 aliphatic rings. The third-order valence-electron chi connectivity index (χ3n) is 2.88. The minimum absolute atomic E-state index is 0.312. The van der Waals surface area contributed by atoms with Gasteiger partial charge in [0.05, 0.1) is 20.8 Å². The van der Waals surface area contributed by atoms with Crippen LogP contribution in [0.4, 0.5) is 17.3 Å². The van der Waals surface area contributed by atoms with E-state index in [0.29, 0.717) is 17.2 Å². The topological polar surface area (TPSA) is 89.1 Å².